The molecule has 2 aliphatic heterocycles. The number of nitrogens with zero attached hydrogens (tertiary/aromatic N) is 1. The Morgan fingerprint density at radius 3 is 2.42 bits per heavy atom. The number of allylic oxidation sites excluding steroid dienone is 1. The van der Waals surface area contributed by atoms with Crippen LogP contribution in [-0.2, 0) is 24.5 Å². The van der Waals surface area contributed by atoms with E-state index >= 15 is 0 Å². The van der Waals surface area contributed by atoms with Gasteiger partial charge in [0.2, 0.25) is 5.91 Å². The lowest BCUT2D eigenvalue weighted by molar-refractivity contribution is -0.140. The summed E-state index contributed by atoms with van der Waals surface area (Å²) in [7, 11) is 0. The van der Waals surface area contributed by atoms with Crippen LogP contribution >= 0.6 is 0 Å². The Bertz CT molecular complexity index is 1380. The average molecular weight is 486 g/mol. The van der Waals surface area contributed by atoms with Gasteiger partial charge in [0.25, 0.3) is 0 Å². The monoisotopic (exact) mass is 485 g/mol. The Morgan fingerprint density at radius 1 is 1.08 bits per heavy atom. The first-order valence-corrected chi connectivity index (χ1v) is 12.2. The van der Waals surface area contributed by atoms with E-state index in [1.807, 2.05) is 45.9 Å². The minimum atomic E-state index is -1.68. The summed E-state index contributed by atoms with van der Waals surface area (Å²) in [5.41, 5.74) is 9.67. The van der Waals surface area contributed by atoms with E-state index in [9.17, 15) is 14.4 Å². The predicted molar refractivity (Wildman–Crippen MR) is 138 cm³/mol. The molecule has 7 heteroatoms. The number of fused-ring (bicyclic) bond motifs is 3. The number of esters is 1. The zero-order valence-electron chi connectivity index (χ0n) is 21.3. The Hall–Kier alpha value is -3.87. The third-order valence-corrected chi connectivity index (χ3v) is 7.23. The maximum Gasteiger partial charge on any atom is 0.339 e. The van der Waals surface area contributed by atoms with E-state index in [0.29, 0.717) is 28.9 Å². The van der Waals surface area contributed by atoms with Gasteiger partial charge in [0.15, 0.2) is 5.78 Å². The average Bonchev–Trinajstić information content (AvgIpc) is 3.04. The van der Waals surface area contributed by atoms with Crippen LogP contribution in [0.2, 0.25) is 0 Å². The molecule has 0 saturated heterocycles. The van der Waals surface area contributed by atoms with Gasteiger partial charge in [-0.25, -0.2) is 4.79 Å². The molecular weight excluding hydrogens is 454 g/mol. The summed E-state index contributed by atoms with van der Waals surface area (Å²) >= 11 is 0. The lowest BCUT2D eigenvalue weighted by atomic mass is 9.60. The van der Waals surface area contributed by atoms with Gasteiger partial charge < -0.3 is 15.8 Å². The SMILES string of the molecule is CCOC(=O)C1=C(N)N(c2cc(C)cc(C)c2)C2=C(C(=O)CC(C)(C)C2)C12C(=O)Nc1ccccc12. The lowest BCUT2D eigenvalue weighted by Gasteiger charge is -2.47. The van der Waals surface area contributed by atoms with Crippen LogP contribution < -0.4 is 16.0 Å². The van der Waals surface area contributed by atoms with Crippen molar-refractivity contribution in [2.24, 2.45) is 11.1 Å². The Morgan fingerprint density at radius 2 is 1.75 bits per heavy atom. The zero-order valence-corrected chi connectivity index (χ0v) is 21.3. The number of carbonyl (C=O) groups excluding carboxylic acids is 3. The summed E-state index contributed by atoms with van der Waals surface area (Å²) in [5.74, 6) is -1.23. The molecule has 7 nitrogen and oxygen atoms in total. The number of benzene rings is 2. The van der Waals surface area contributed by atoms with E-state index in [-0.39, 0.29) is 35.6 Å². The molecule has 0 saturated carbocycles. The van der Waals surface area contributed by atoms with Crippen LogP contribution in [0.25, 0.3) is 0 Å². The number of anilines is 2. The first-order valence-electron chi connectivity index (χ1n) is 12.2. The molecule has 2 heterocycles. The fourth-order valence-electron chi connectivity index (χ4n) is 6.07. The van der Waals surface area contributed by atoms with Crippen LogP contribution in [-0.4, -0.2) is 24.3 Å². The molecule has 1 aliphatic carbocycles. The second-order valence-corrected chi connectivity index (χ2v) is 10.7. The number of carbonyl (C=O) groups is 3. The number of hydrogen-bond donors (Lipinski definition) is 2. The van der Waals surface area contributed by atoms with Gasteiger partial charge in [-0.2, -0.15) is 0 Å². The van der Waals surface area contributed by atoms with Gasteiger partial charge in [0.05, 0.1) is 6.61 Å². The summed E-state index contributed by atoms with van der Waals surface area (Å²) in [6.07, 6.45) is 0.759. The fraction of sp³-hybridized carbons (Fsp3) is 0.345. The summed E-state index contributed by atoms with van der Waals surface area (Å²) in [6, 6.07) is 13.2. The molecule has 1 amide bonds. The molecule has 1 atom stereocenters. The molecule has 186 valence electrons. The van der Waals surface area contributed by atoms with Crippen LogP contribution in [0.3, 0.4) is 0 Å². The Balaban J connectivity index is 1.93. The summed E-state index contributed by atoms with van der Waals surface area (Å²) in [5, 5.41) is 2.91. The zero-order chi connectivity index (χ0) is 26.0. The molecule has 0 aromatic heterocycles. The van der Waals surface area contributed by atoms with Crippen molar-refractivity contribution in [3.8, 4) is 0 Å². The molecule has 3 N–H and O–H groups in total. The highest BCUT2D eigenvalue weighted by Crippen LogP contribution is 2.57. The van der Waals surface area contributed by atoms with Crippen molar-refractivity contribution in [1.82, 2.24) is 0 Å². The van der Waals surface area contributed by atoms with Crippen LogP contribution in [0, 0.1) is 19.3 Å². The quantitative estimate of drug-likeness (QED) is 0.626. The molecule has 0 bridgehead atoms. The largest absolute Gasteiger partial charge is 0.462 e. The van der Waals surface area contributed by atoms with Crippen LogP contribution in [0.15, 0.2) is 65.1 Å². The van der Waals surface area contributed by atoms with Gasteiger partial charge in [-0.05, 0) is 61.9 Å². The highest BCUT2D eigenvalue weighted by Gasteiger charge is 2.62. The fourth-order valence-corrected chi connectivity index (χ4v) is 6.07. The maximum absolute atomic E-state index is 14.0. The van der Waals surface area contributed by atoms with Crippen LogP contribution in [0.5, 0.6) is 0 Å². The number of amides is 1. The third-order valence-electron chi connectivity index (χ3n) is 7.23. The number of para-hydroxylation sites is 1. The normalized spacial score (nSPS) is 22.5. The van der Waals surface area contributed by atoms with Crippen molar-refractivity contribution in [2.45, 2.75) is 52.9 Å². The van der Waals surface area contributed by atoms with Crippen molar-refractivity contribution in [2.75, 3.05) is 16.8 Å². The minimum Gasteiger partial charge on any atom is -0.462 e. The second kappa shape index (κ2) is 8.08. The van der Waals surface area contributed by atoms with Crippen molar-refractivity contribution in [1.29, 1.82) is 0 Å². The topological polar surface area (TPSA) is 102 Å². The molecule has 0 radical (unpaired) electrons. The Labute approximate surface area is 211 Å². The third kappa shape index (κ3) is 3.29. The van der Waals surface area contributed by atoms with Gasteiger partial charge in [-0.3, -0.25) is 14.5 Å². The molecule has 3 aliphatic rings. The summed E-state index contributed by atoms with van der Waals surface area (Å²) in [6.45, 7) is 9.84. The van der Waals surface area contributed by atoms with E-state index in [4.69, 9.17) is 10.5 Å². The van der Waals surface area contributed by atoms with E-state index in [0.717, 1.165) is 16.8 Å². The molecule has 2 aromatic rings. The van der Waals surface area contributed by atoms with Crippen molar-refractivity contribution in [3.63, 3.8) is 0 Å². The summed E-state index contributed by atoms with van der Waals surface area (Å²) in [4.78, 5) is 43.4. The van der Waals surface area contributed by atoms with E-state index in [1.165, 1.54) is 0 Å². The van der Waals surface area contributed by atoms with Gasteiger partial charge >= 0.3 is 5.97 Å². The van der Waals surface area contributed by atoms with Gasteiger partial charge in [-0.1, -0.05) is 38.1 Å². The molecule has 5 rings (SSSR count). The van der Waals surface area contributed by atoms with Crippen LogP contribution in [0.4, 0.5) is 11.4 Å². The summed E-state index contributed by atoms with van der Waals surface area (Å²) < 4.78 is 5.47. The molecule has 1 unspecified atom stereocenters. The number of rotatable bonds is 3. The number of ether oxygens (including phenoxy) is 1. The van der Waals surface area contributed by atoms with Crippen molar-refractivity contribution >= 4 is 29.0 Å². The van der Waals surface area contributed by atoms with Crippen LogP contribution in [0.1, 0.15) is 50.3 Å². The van der Waals surface area contributed by atoms with Gasteiger partial charge in [-0.15, -0.1) is 0 Å². The second-order valence-electron chi connectivity index (χ2n) is 10.7. The predicted octanol–water partition coefficient (Wildman–Crippen LogP) is 4.39. The van der Waals surface area contributed by atoms with E-state index < -0.39 is 17.3 Å². The molecule has 1 spiro atoms. The highest BCUT2D eigenvalue weighted by atomic mass is 16.5. The van der Waals surface area contributed by atoms with Crippen molar-refractivity contribution in [3.05, 3.63) is 81.8 Å². The lowest BCUT2D eigenvalue weighted by Crippen LogP contribution is -2.54. The smallest absolute Gasteiger partial charge is 0.339 e. The minimum absolute atomic E-state index is 0.0160. The highest BCUT2D eigenvalue weighted by molar-refractivity contribution is 6.23. The molecule has 0 fully saturated rings. The number of nitrogens with one attached hydrogen (secondary N) is 1. The van der Waals surface area contributed by atoms with Gasteiger partial charge in [0.1, 0.15) is 16.8 Å². The Kier molecular flexibility index (Phi) is 5.36. The number of Topliss-reactive ketones (excluding diaryl/α,β-unsaturated/α-hetero) is 1. The van der Waals surface area contributed by atoms with E-state index in [1.54, 1.807) is 36.1 Å². The van der Waals surface area contributed by atoms with Crippen molar-refractivity contribution < 1.29 is 19.1 Å². The number of ketones is 1. The molecule has 2 aromatic carbocycles. The number of aryl methyl sites for hydroxylation is 2. The molecule has 36 heavy (non-hydrogen) atoms. The van der Waals surface area contributed by atoms with E-state index in [2.05, 4.69) is 5.32 Å². The first-order chi connectivity index (χ1) is 17.0. The maximum atomic E-state index is 14.0. The number of nitrogens with two attached hydrogens (primary N) is 1. The van der Waals surface area contributed by atoms with Gasteiger partial charge in [0, 0.05) is 34.6 Å². The molecular formula is C29H31N3O4. The standard InChI is InChI=1S/C29H31N3O4/c1-6-36-26(34)24-25(30)32(18-12-16(2)11-17(3)13-18)21-14-28(4,5)15-22(33)23(21)29(24)19-9-7-8-10-20(19)31-27(29)35/h7-13H,6,14-15,30H2,1-5H3,(H,31,35). The first kappa shape index (κ1) is 23.9. The number of hydrogen-bond acceptors (Lipinski definition) is 6.